The summed E-state index contributed by atoms with van der Waals surface area (Å²) in [5.41, 5.74) is 3.33. The van der Waals surface area contributed by atoms with Crippen LogP contribution < -0.4 is 2.81 Å². The molecule has 0 amide bonds. The van der Waals surface area contributed by atoms with Crippen molar-refractivity contribution in [3.63, 3.8) is 0 Å². The van der Waals surface area contributed by atoms with Gasteiger partial charge in [-0.05, 0) is 0 Å². The Kier molecular flexibility index (Phi) is 6.78. The quantitative estimate of drug-likeness (QED) is 0.462. The molecule has 0 saturated carbocycles. The van der Waals surface area contributed by atoms with Gasteiger partial charge in [0, 0.05) is 0 Å². The number of benzene rings is 2. The van der Waals surface area contributed by atoms with Crippen molar-refractivity contribution < 1.29 is 22.6 Å². The first-order valence-corrected chi connectivity index (χ1v) is 10.4. The first-order chi connectivity index (χ1) is 12.1. The number of aromatic hydroxyl groups is 1. The minimum Gasteiger partial charge on any atom is -0.264 e. The van der Waals surface area contributed by atoms with Gasteiger partial charge in [-0.1, -0.05) is 0 Å². The van der Waals surface area contributed by atoms with Crippen molar-refractivity contribution in [2.45, 2.75) is 26.2 Å². The van der Waals surface area contributed by atoms with Crippen molar-refractivity contribution in [1.29, 1.82) is 0 Å². The Morgan fingerprint density at radius 3 is 2.12 bits per heavy atom. The summed E-state index contributed by atoms with van der Waals surface area (Å²) in [6, 6.07) is 11.8. The van der Waals surface area contributed by atoms with E-state index in [9.17, 15) is 5.11 Å². The summed E-state index contributed by atoms with van der Waals surface area (Å²) in [7, 11) is -4.67. The maximum Gasteiger partial charge on any atom is 0.394 e. The van der Waals surface area contributed by atoms with Crippen LogP contribution in [0.25, 0.3) is 16.7 Å². The molecule has 0 saturated heterocycles. The summed E-state index contributed by atoms with van der Waals surface area (Å²) in [6.07, 6.45) is 0.993. The predicted octanol–water partition coefficient (Wildman–Crippen LogP) is 1.78. The maximum atomic E-state index is 10.6. The summed E-state index contributed by atoms with van der Waals surface area (Å²) >= 11 is 0.930. The normalized spacial score (nSPS) is 12.5. The minimum atomic E-state index is -4.67. The van der Waals surface area contributed by atoms with Crippen LogP contribution in [0.3, 0.4) is 0 Å². The van der Waals surface area contributed by atoms with Crippen LogP contribution in [-0.4, -0.2) is 65.6 Å². The van der Waals surface area contributed by atoms with Gasteiger partial charge < -0.3 is 0 Å². The van der Waals surface area contributed by atoms with Gasteiger partial charge in [0.1, 0.15) is 0 Å². The Morgan fingerprint density at radius 2 is 1.65 bits per heavy atom. The third-order valence-corrected chi connectivity index (χ3v) is 4.49. The molecule has 0 aliphatic heterocycles. The molecule has 26 heavy (non-hydrogen) atoms. The molecular formula is C16H18N3NaO5S. The van der Waals surface area contributed by atoms with E-state index in [-0.39, 0.29) is 0 Å². The van der Waals surface area contributed by atoms with E-state index < -0.39 is 10.4 Å². The molecule has 0 radical (unpaired) electrons. The van der Waals surface area contributed by atoms with Crippen molar-refractivity contribution in [3.8, 4) is 11.4 Å². The molecule has 2 aromatic carbocycles. The fourth-order valence-corrected chi connectivity index (χ4v) is 3.09. The monoisotopic (exact) mass is 387 g/mol. The molecule has 1 aromatic heterocycles. The van der Waals surface area contributed by atoms with Gasteiger partial charge in [-0.3, -0.25) is 9.11 Å². The van der Waals surface area contributed by atoms with Gasteiger partial charge in [0.05, 0.1) is 0 Å². The van der Waals surface area contributed by atoms with E-state index in [1.165, 1.54) is 2.81 Å². The fraction of sp³-hybridized carbons (Fsp3) is 0.250. The van der Waals surface area contributed by atoms with E-state index in [4.69, 9.17) is 17.5 Å². The van der Waals surface area contributed by atoms with Crippen molar-refractivity contribution in [1.82, 2.24) is 15.0 Å². The molecule has 0 aliphatic carbocycles. The standard InChI is InChI=1S/C16H16N3O.Na.H2O4S/c1-3-11(2)12-7-6-10-15(16(12)20)19-17-13-8-4-5-9-14(13)18-19;;1-5(2,3)4/h4-5,7-11,20H,3H2,1-2H3;;(H2,1,2,3,4). The summed E-state index contributed by atoms with van der Waals surface area (Å²) in [4.78, 5) is 1.55. The number of phenolic OH excluding ortho intramolecular Hbond substituents is 1. The molecule has 0 fully saturated rings. The first kappa shape index (κ1) is 20.8. The molecule has 3 N–H and O–H groups in total. The van der Waals surface area contributed by atoms with Crippen LogP contribution in [0.1, 0.15) is 31.7 Å². The molecule has 8 nitrogen and oxygen atoms in total. The summed E-state index contributed by atoms with van der Waals surface area (Å²) in [5.74, 6) is 0.617. The molecule has 134 valence electrons. The zero-order chi connectivity index (χ0) is 19.5. The number of phenols is 1. The van der Waals surface area contributed by atoms with Gasteiger partial charge in [-0.25, -0.2) is 0 Å². The molecule has 3 rings (SSSR count). The second-order valence-corrected chi connectivity index (χ2v) is 8.01. The van der Waals surface area contributed by atoms with E-state index in [0.717, 1.165) is 50.9 Å². The number of aromatic nitrogens is 3. The second kappa shape index (κ2) is 8.47. The SMILES string of the molecule is CCC(C)c1c[c]([Na])cc(-n2nc3ccccc3n2)c1O.O=S(=O)(O)O. The molecule has 1 unspecified atom stereocenters. The average Bonchev–Trinajstić information content (AvgIpc) is 2.98. The summed E-state index contributed by atoms with van der Waals surface area (Å²) in [5, 5.41) is 19.6. The number of fused-ring (bicyclic) bond motifs is 1. The van der Waals surface area contributed by atoms with E-state index in [1.54, 1.807) is 4.80 Å². The van der Waals surface area contributed by atoms with Crippen LogP contribution >= 0.6 is 0 Å². The van der Waals surface area contributed by atoms with Crippen LogP contribution in [0, 0.1) is 0 Å². The van der Waals surface area contributed by atoms with Crippen molar-refractivity contribution >= 4 is 52.2 Å². The molecule has 3 aromatic rings. The Morgan fingerprint density at radius 1 is 1.15 bits per heavy atom. The maximum absolute atomic E-state index is 10.6. The van der Waals surface area contributed by atoms with E-state index >= 15 is 0 Å². The number of nitrogens with zero attached hydrogens (tertiary/aromatic N) is 3. The van der Waals surface area contributed by atoms with Crippen LogP contribution in [-0.2, 0) is 10.4 Å². The van der Waals surface area contributed by atoms with Gasteiger partial charge in [-0.2, -0.15) is 8.42 Å². The third-order valence-electron chi connectivity index (χ3n) is 3.91. The molecule has 10 heteroatoms. The minimum absolute atomic E-state index is 0.296. The molecule has 0 spiro atoms. The van der Waals surface area contributed by atoms with Crippen molar-refractivity contribution in [3.05, 3.63) is 42.0 Å². The zero-order valence-corrected chi connectivity index (χ0v) is 17.5. The van der Waals surface area contributed by atoms with Crippen LogP contribution in [0.2, 0.25) is 0 Å². The molecule has 1 atom stereocenters. The third kappa shape index (κ3) is 5.50. The fourth-order valence-electron chi connectivity index (χ4n) is 2.50. The van der Waals surface area contributed by atoms with Gasteiger partial charge in [0.25, 0.3) is 0 Å². The predicted molar refractivity (Wildman–Crippen MR) is 98.8 cm³/mol. The van der Waals surface area contributed by atoms with E-state index in [0.29, 0.717) is 17.4 Å². The molecule has 1 heterocycles. The van der Waals surface area contributed by atoms with Gasteiger partial charge >= 0.3 is 152 Å². The van der Waals surface area contributed by atoms with E-state index in [1.807, 2.05) is 30.3 Å². The largest absolute Gasteiger partial charge is 0.394 e. The smallest absolute Gasteiger partial charge is 0.264 e. The summed E-state index contributed by atoms with van der Waals surface area (Å²) < 4.78 is 32.8. The Hall–Kier alpha value is -1.49. The van der Waals surface area contributed by atoms with Crippen LogP contribution in [0.4, 0.5) is 0 Å². The van der Waals surface area contributed by atoms with Gasteiger partial charge in [0.15, 0.2) is 0 Å². The zero-order valence-electron chi connectivity index (χ0n) is 14.7. The first-order valence-electron chi connectivity index (χ1n) is 7.96. The molecule has 0 aliphatic rings. The van der Waals surface area contributed by atoms with Crippen LogP contribution in [0.5, 0.6) is 5.75 Å². The number of hydrogen-bond donors (Lipinski definition) is 3. The van der Waals surface area contributed by atoms with Gasteiger partial charge in [-0.15, -0.1) is 0 Å². The topological polar surface area (TPSA) is 126 Å². The van der Waals surface area contributed by atoms with Crippen LogP contribution in [0.15, 0.2) is 36.4 Å². The second-order valence-electron chi connectivity index (χ2n) is 5.96. The summed E-state index contributed by atoms with van der Waals surface area (Å²) in [6.45, 7) is 4.26. The van der Waals surface area contributed by atoms with E-state index in [2.05, 4.69) is 30.1 Å². The van der Waals surface area contributed by atoms with Gasteiger partial charge in [0.2, 0.25) is 0 Å². The Balaban J connectivity index is 0.000000431. The number of hydrogen-bond acceptors (Lipinski definition) is 5. The molecule has 0 bridgehead atoms. The number of rotatable bonds is 3. The van der Waals surface area contributed by atoms with Crippen molar-refractivity contribution in [2.75, 3.05) is 0 Å². The molecular weight excluding hydrogens is 369 g/mol. The average molecular weight is 387 g/mol. The Labute approximate surface area is 168 Å². The Bertz CT molecular complexity index is 979. The van der Waals surface area contributed by atoms with Crippen molar-refractivity contribution in [2.24, 2.45) is 0 Å².